The van der Waals surface area contributed by atoms with Crippen molar-refractivity contribution in [1.29, 1.82) is 0 Å². The number of anilines is 1. The van der Waals surface area contributed by atoms with Crippen LogP contribution in [0.15, 0.2) is 66.2 Å². The zero-order valence-corrected chi connectivity index (χ0v) is 63.1. The molecule has 8 N–H and O–H groups in total. The summed E-state index contributed by atoms with van der Waals surface area (Å²) in [5.74, 6) is -4.93. The first-order chi connectivity index (χ1) is 47.5. The summed E-state index contributed by atoms with van der Waals surface area (Å²) in [6, 6.07) is 12.7. The van der Waals surface area contributed by atoms with Crippen LogP contribution in [-0.4, -0.2) is 191 Å². The van der Waals surface area contributed by atoms with E-state index in [9.17, 15) is 47.9 Å². The third kappa shape index (κ3) is 22.5. The van der Waals surface area contributed by atoms with Gasteiger partial charge in [-0.3, -0.25) is 53.0 Å². The Morgan fingerprint density at radius 2 is 1.51 bits per heavy atom. The summed E-state index contributed by atoms with van der Waals surface area (Å²) >= 11 is 5.86. The van der Waals surface area contributed by atoms with Gasteiger partial charge in [0.15, 0.2) is 0 Å². The topological polar surface area (TPSA) is 313 Å². The molecule has 0 radical (unpaired) electrons. The number of amides is 11. The molecule has 3 heterocycles. The van der Waals surface area contributed by atoms with Crippen molar-refractivity contribution in [3.05, 3.63) is 82.3 Å². The van der Waals surface area contributed by atoms with E-state index in [0.29, 0.717) is 76.6 Å². The highest BCUT2D eigenvalue weighted by Crippen LogP contribution is 2.47. The normalized spacial score (nSPS) is 20.6. The van der Waals surface area contributed by atoms with E-state index in [1.54, 1.807) is 58.3 Å². The van der Waals surface area contributed by atoms with Crippen LogP contribution in [0.2, 0.25) is 0 Å². The predicted octanol–water partition coefficient (Wildman–Crippen LogP) is 7.46. The quantitative estimate of drug-likeness (QED) is 0.0155. The first kappa shape index (κ1) is 82.0. The third-order valence-electron chi connectivity index (χ3n) is 20.3. The van der Waals surface area contributed by atoms with Crippen molar-refractivity contribution >= 4 is 88.8 Å². The Morgan fingerprint density at radius 1 is 0.820 bits per heavy atom. The van der Waals surface area contributed by atoms with Crippen LogP contribution in [-0.2, 0) is 65.5 Å². The molecule has 4 unspecified atom stereocenters. The average molecular weight is 1430 g/mol. The number of carbonyl (C=O) groups excluding carboxylic acids is 10. The molecular weight excluding hydrogens is 1310 g/mol. The number of thiazole rings is 1. The lowest BCUT2D eigenvalue weighted by atomic mass is 9.89. The Labute approximate surface area is 602 Å². The van der Waals surface area contributed by atoms with Crippen molar-refractivity contribution in [1.82, 2.24) is 51.2 Å². The van der Waals surface area contributed by atoms with Crippen LogP contribution in [0.4, 0.5) is 10.5 Å². The number of hydrogen-bond acceptors (Lipinski definition) is 16. The van der Waals surface area contributed by atoms with E-state index in [0.717, 1.165) is 22.6 Å². The second-order valence-electron chi connectivity index (χ2n) is 28.9. The smallest absolute Gasteiger partial charge is 0.312 e. The summed E-state index contributed by atoms with van der Waals surface area (Å²) in [5, 5.41) is 20.5. The molecular formula is C74H114N12O12S2. The zero-order valence-electron chi connectivity index (χ0n) is 61.4. The predicted molar refractivity (Wildman–Crippen MR) is 390 cm³/mol. The van der Waals surface area contributed by atoms with Gasteiger partial charge < -0.3 is 56.9 Å². The van der Waals surface area contributed by atoms with Gasteiger partial charge in [-0.2, -0.15) is 12.6 Å². The lowest BCUT2D eigenvalue weighted by molar-refractivity contribution is -0.148. The maximum Gasteiger partial charge on any atom is 0.312 e. The molecule has 0 spiro atoms. The molecule has 3 aromatic rings. The minimum atomic E-state index is -1.35. The summed E-state index contributed by atoms with van der Waals surface area (Å²) < 4.78 is 12.3. The van der Waals surface area contributed by atoms with E-state index < -0.39 is 65.7 Å². The molecule has 24 nitrogen and oxygen atoms in total. The molecule has 1 saturated carbocycles. The van der Waals surface area contributed by atoms with Crippen LogP contribution in [0.1, 0.15) is 168 Å². The number of unbranched alkanes of at least 4 members (excludes halogenated alkanes) is 2. The number of carbonyl (C=O) groups is 10. The van der Waals surface area contributed by atoms with Gasteiger partial charge in [-0.1, -0.05) is 125 Å². The van der Waals surface area contributed by atoms with E-state index >= 15 is 0 Å². The monoisotopic (exact) mass is 1430 g/mol. The maximum atomic E-state index is 15.0. The lowest BCUT2D eigenvalue weighted by Crippen LogP contribution is -2.60. The van der Waals surface area contributed by atoms with Gasteiger partial charge in [-0.25, -0.2) is 9.78 Å². The molecule has 1 aromatic heterocycles. The van der Waals surface area contributed by atoms with E-state index in [1.807, 2.05) is 120 Å². The van der Waals surface area contributed by atoms with Gasteiger partial charge in [0.05, 0.1) is 48.7 Å². The Balaban J connectivity index is 1.04. The Hall–Kier alpha value is -7.00. The summed E-state index contributed by atoms with van der Waals surface area (Å²) in [7, 11) is 6.72. The number of aromatic nitrogens is 1. The minimum absolute atomic E-state index is 0.000347. The molecule has 2 aliphatic heterocycles. The van der Waals surface area contributed by atoms with Crippen molar-refractivity contribution in [3.8, 4) is 0 Å². The molecule has 100 heavy (non-hydrogen) atoms. The highest BCUT2D eigenvalue weighted by atomic mass is 32.1. The standard InChI is InChI=1S/C74H114N12O12S2/c1-15-47(8)64(57(97-13)42-60(89)85-36-22-25-56(85)65(98-14)49(10)66(90)79-55(69-76-34-38-100-69)40-51-23-18-16-19-24-51)84(12)71(94)62(45(4)5)81-68(92)63(46(6)7)83(11)37-32-50-27-29-54(30-28-50)78-72(95)74(43-53(74)31-33-77-73(75)96)82-67(91)61(44(2)3)80-58(87)26-20-17-21-35-86-59(88)41-52(70(86)93)39-48(9)99/h16,18-19,23-24,27-30,34,38,44-49,52-53,55-57,61-65,99H,15,17,20-22,25-26,31-33,35-37,39-43H2,1-14H3,(H,78,95)(H,79,90)(H,80,87)(H,81,92)(H,82,91)(H3,75,77,96)/t47-,48?,49+,52?,53?,55-,56-,57+,61-,62-,63-,64-,65+,74?/m0/s1. The van der Waals surface area contributed by atoms with Crippen LogP contribution in [0.3, 0.4) is 0 Å². The van der Waals surface area contributed by atoms with Crippen LogP contribution in [0.25, 0.3) is 0 Å². The van der Waals surface area contributed by atoms with Crippen LogP contribution in [0.5, 0.6) is 0 Å². The number of thiol groups is 1. The van der Waals surface area contributed by atoms with Gasteiger partial charge in [0, 0.05) is 83.5 Å². The first-order valence-corrected chi connectivity index (χ1v) is 37.3. The van der Waals surface area contributed by atoms with Gasteiger partial charge in [-0.05, 0) is 123 Å². The second-order valence-corrected chi connectivity index (χ2v) is 30.7. The number of primary amides is 1. The molecule has 14 atom stereocenters. The average Bonchev–Trinajstić information content (AvgIpc) is 1.58. The number of methoxy groups -OCH3 is 2. The molecule has 2 saturated heterocycles. The molecule has 554 valence electrons. The van der Waals surface area contributed by atoms with E-state index in [-0.39, 0.29) is 133 Å². The number of nitrogens with one attached hydrogen (secondary N) is 6. The van der Waals surface area contributed by atoms with Crippen molar-refractivity contribution < 1.29 is 57.4 Å². The number of imide groups is 1. The highest BCUT2D eigenvalue weighted by Gasteiger charge is 2.61. The molecule has 11 amide bonds. The second kappa shape index (κ2) is 38.9. The number of benzene rings is 2. The summed E-state index contributed by atoms with van der Waals surface area (Å²) in [6.45, 7) is 20.5. The van der Waals surface area contributed by atoms with Crippen molar-refractivity contribution in [3.63, 3.8) is 0 Å². The van der Waals surface area contributed by atoms with Crippen molar-refractivity contribution in [2.75, 3.05) is 59.8 Å². The molecule has 3 aliphatic rings. The first-order valence-electron chi connectivity index (χ1n) is 35.9. The maximum absolute atomic E-state index is 15.0. The van der Waals surface area contributed by atoms with E-state index in [4.69, 9.17) is 15.2 Å². The van der Waals surface area contributed by atoms with Gasteiger partial charge in [0.2, 0.25) is 53.2 Å². The molecule has 26 heteroatoms. The number of hydrogen-bond donors (Lipinski definition) is 8. The fourth-order valence-corrected chi connectivity index (χ4v) is 15.4. The number of urea groups is 1. The molecule has 0 bridgehead atoms. The highest BCUT2D eigenvalue weighted by molar-refractivity contribution is 7.80. The third-order valence-corrected chi connectivity index (χ3v) is 21.4. The van der Waals surface area contributed by atoms with Gasteiger partial charge in [0.1, 0.15) is 22.6 Å². The van der Waals surface area contributed by atoms with Gasteiger partial charge in [0.25, 0.3) is 0 Å². The van der Waals surface area contributed by atoms with Gasteiger partial charge in [-0.15, -0.1) is 11.3 Å². The largest absolute Gasteiger partial charge is 0.379 e. The Morgan fingerprint density at radius 3 is 2.11 bits per heavy atom. The number of rotatable bonds is 41. The number of likely N-dealkylation sites (tertiary alicyclic amines) is 2. The molecule has 3 fully saturated rings. The lowest BCUT2D eigenvalue weighted by Gasteiger charge is -2.41. The molecule has 1 aliphatic carbocycles. The number of nitrogens with zero attached hydrogens (tertiary/aromatic N) is 5. The number of ether oxygens (including phenoxy) is 2. The fourth-order valence-electron chi connectivity index (χ4n) is 14.4. The summed E-state index contributed by atoms with van der Waals surface area (Å²) in [4.78, 5) is 148. The van der Waals surface area contributed by atoms with Crippen molar-refractivity contribution in [2.24, 2.45) is 47.2 Å². The molecule has 6 rings (SSSR count). The SMILES string of the molecule is CC[C@H](C)[C@@H]([C@@H](CC(=O)N1CCC[C@H]1[C@H](OC)[C@@H](C)C(=O)N[C@@H](Cc1ccccc1)c1nccs1)OC)N(C)C(=O)[C@@H](NC(=O)[C@H](C(C)C)N(C)CCc1ccc(NC(=O)C2(NC(=O)[C@@H](NC(=O)CCCCCN3C(=O)CC(CC(C)S)C3=O)C(C)C)CC2CCNC(N)=O)cc1)C(C)C. The number of nitrogens with two attached hydrogens (primary N) is 1. The Kier molecular flexibility index (Phi) is 31.9. The fraction of sp³-hybridized carbons (Fsp3) is 0.662. The van der Waals surface area contributed by atoms with Crippen LogP contribution < -0.4 is 37.6 Å². The summed E-state index contributed by atoms with van der Waals surface area (Å²) in [6.07, 6.45) is 6.58. The summed E-state index contributed by atoms with van der Waals surface area (Å²) in [5.41, 5.74) is 6.46. The zero-order chi connectivity index (χ0) is 73.7. The molecule has 2 aromatic carbocycles. The van der Waals surface area contributed by atoms with E-state index in [1.165, 1.54) is 16.2 Å². The minimum Gasteiger partial charge on any atom is -0.379 e. The Bertz CT molecular complexity index is 3200. The van der Waals surface area contributed by atoms with Crippen molar-refractivity contribution in [2.45, 2.75) is 218 Å². The van der Waals surface area contributed by atoms with Gasteiger partial charge >= 0.3 is 6.03 Å². The number of likely N-dealkylation sites (N-methyl/N-ethyl adjacent to an activating group) is 2. The van der Waals surface area contributed by atoms with E-state index in [2.05, 4.69) is 49.5 Å². The van der Waals surface area contributed by atoms with Crippen LogP contribution >= 0.6 is 24.0 Å². The van der Waals surface area contributed by atoms with Crippen LogP contribution in [0, 0.1) is 41.4 Å².